The van der Waals surface area contributed by atoms with Crippen LogP contribution in [0, 0.1) is 11.8 Å². The van der Waals surface area contributed by atoms with Crippen LogP contribution in [0.5, 0.6) is 0 Å². The Balaban J connectivity index is 1.56. The average molecular weight is 212 g/mol. The van der Waals surface area contributed by atoms with Crippen molar-refractivity contribution in [3.8, 4) is 0 Å². The Morgan fingerprint density at radius 2 is 2.00 bits per heavy atom. The first kappa shape index (κ1) is 11.4. The summed E-state index contributed by atoms with van der Waals surface area (Å²) >= 11 is 0. The van der Waals surface area contributed by atoms with E-state index in [1.807, 2.05) is 0 Å². The van der Waals surface area contributed by atoms with E-state index in [-0.39, 0.29) is 0 Å². The predicted octanol–water partition coefficient (Wildman–Crippen LogP) is 1.13. The first-order chi connectivity index (χ1) is 7.34. The molecule has 0 aromatic rings. The molecule has 3 atom stereocenters. The van der Waals surface area contributed by atoms with Gasteiger partial charge in [0, 0.05) is 19.2 Å². The zero-order chi connectivity index (χ0) is 10.5. The van der Waals surface area contributed by atoms with Gasteiger partial charge in [-0.1, -0.05) is 6.42 Å². The maximum Gasteiger partial charge on any atom is 0.0507 e. The van der Waals surface area contributed by atoms with Crippen LogP contribution in [0.3, 0.4) is 0 Å². The molecule has 88 valence electrons. The maximum absolute atomic E-state index is 5.97. The molecule has 15 heavy (non-hydrogen) atoms. The first-order valence-corrected chi connectivity index (χ1v) is 6.38. The molecule has 0 bridgehead atoms. The Labute approximate surface area is 92.7 Å². The summed E-state index contributed by atoms with van der Waals surface area (Å²) in [6.07, 6.45) is 6.36. The van der Waals surface area contributed by atoms with Gasteiger partial charge in [-0.25, -0.2) is 0 Å². The van der Waals surface area contributed by atoms with Gasteiger partial charge in [-0.05, 0) is 44.1 Å². The van der Waals surface area contributed by atoms with Crippen LogP contribution in [-0.2, 0) is 4.74 Å². The van der Waals surface area contributed by atoms with Crippen molar-refractivity contribution < 1.29 is 4.74 Å². The molecule has 2 fully saturated rings. The Morgan fingerprint density at radius 3 is 2.73 bits per heavy atom. The Hall–Kier alpha value is -0.120. The van der Waals surface area contributed by atoms with Gasteiger partial charge < -0.3 is 15.8 Å². The Bertz CT molecular complexity index is 180. The molecule has 0 amide bonds. The van der Waals surface area contributed by atoms with Gasteiger partial charge in [-0.15, -0.1) is 0 Å². The van der Waals surface area contributed by atoms with Crippen molar-refractivity contribution in [2.75, 3.05) is 26.3 Å². The summed E-state index contributed by atoms with van der Waals surface area (Å²) in [5.74, 6) is 1.57. The molecule has 0 spiro atoms. The first-order valence-electron chi connectivity index (χ1n) is 6.38. The summed E-state index contributed by atoms with van der Waals surface area (Å²) in [7, 11) is 0. The number of rotatable bonds is 4. The summed E-state index contributed by atoms with van der Waals surface area (Å²) in [6, 6.07) is 0.459. The highest BCUT2D eigenvalue weighted by Crippen LogP contribution is 2.22. The SMILES string of the molecule is NC1CCCC(CNCC2CCOC2)C1. The molecular formula is C12H24N2O. The number of hydrogen-bond acceptors (Lipinski definition) is 3. The summed E-state index contributed by atoms with van der Waals surface area (Å²) in [5.41, 5.74) is 5.97. The van der Waals surface area contributed by atoms with Gasteiger partial charge in [0.05, 0.1) is 6.61 Å². The largest absolute Gasteiger partial charge is 0.381 e. The fraction of sp³-hybridized carbons (Fsp3) is 1.00. The molecule has 3 nitrogen and oxygen atoms in total. The van der Waals surface area contributed by atoms with Crippen LogP contribution < -0.4 is 11.1 Å². The van der Waals surface area contributed by atoms with Crippen molar-refractivity contribution in [1.29, 1.82) is 0 Å². The molecule has 3 unspecified atom stereocenters. The molecule has 1 saturated carbocycles. The van der Waals surface area contributed by atoms with Gasteiger partial charge in [0.1, 0.15) is 0 Å². The minimum absolute atomic E-state index is 0.459. The zero-order valence-electron chi connectivity index (χ0n) is 9.58. The van der Waals surface area contributed by atoms with E-state index in [9.17, 15) is 0 Å². The summed E-state index contributed by atoms with van der Waals surface area (Å²) in [5, 5.41) is 3.58. The molecule has 1 aliphatic heterocycles. The number of hydrogen-bond donors (Lipinski definition) is 2. The summed E-state index contributed by atoms with van der Waals surface area (Å²) in [4.78, 5) is 0. The lowest BCUT2D eigenvalue weighted by atomic mass is 9.86. The second kappa shape index (κ2) is 5.83. The van der Waals surface area contributed by atoms with E-state index in [0.29, 0.717) is 6.04 Å². The third-order valence-corrected chi connectivity index (χ3v) is 3.71. The Kier molecular flexibility index (Phi) is 4.42. The van der Waals surface area contributed by atoms with Crippen LogP contribution in [0.1, 0.15) is 32.1 Å². The fourth-order valence-corrected chi connectivity index (χ4v) is 2.75. The van der Waals surface area contributed by atoms with E-state index in [1.54, 1.807) is 0 Å². The van der Waals surface area contributed by atoms with Crippen molar-refractivity contribution in [3.63, 3.8) is 0 Å². The van der Waals surface area contributed by atoms with Gasteiger partial charge in [-0.2, -0.15) is 0 Å². The van der Waals surface area contributed by atoms with Crippen LogP contribution in [0.2, 0.25) is 0 Å². The van der Waals surface area contributed by atoms with Crippen LogP contribution >= 0.6 is 0 Å². The number of nitrogens with two attached hydrogens (primary N) is 1. The van der Waals surface area contributed by atoms with E-state index in [2.05, 4.69) is 5.32 Å². The monoisotopic (exact) mass is 212 g/mol. The highest BCUT2D eigenvalue weighted by atomic mass is 16.5. The molecule has 0 aromatic heterocycles. The van der Waals surface area contributed by atoms with Crippen LogP contribution in [-0.4, -0.2) is 32.3 Å². The van der Waals surface area contributed by atoms with Gasteiger partial charge in [0.15, 0.2) is 0 Å². The topological polar surface area (TPSA) is 47.3 Å². The molecule has 2 rings (SSSR count). The summed E-state index contributed by atoms with van der Waals surface area (Å²) < 4.78 is 5.36. The molecule has 3 N–H and O–H groups in total. The molecule has 0 aromatic carbocycles. The molecular weight excluding hydrogens is 188 g/mol. The highest BCUT2D eigenvalue weighted by Gasteiger charge is 2.20. The third kappa shape index (κ3) is 3.74. The lowest BCUT2D eigenvalue weighted by Crippen LogP contribution is -2.35. The van der Waals surface area contributed by atoms with E-state index in [4.69, 9.17) is 10.5 Å². The molecule has 0 radical (unpaired) electrons. The van der Waals surface area contributed by atoms with Gasteiger partial charge >= 0.3 is 0 Å². The van der Waals surface area contributed by atoms with Crippen molar-refractivity contribution in [2.45, 2.75) is 38.1 Å². The van der Waals surface area contributed by atoms with Crippen LogP contribution in [0.4, 0.5) is 0 Å². The maximum atomic E-state index is 5.97. The smallest absolute Gasteiger partial charge is 0.0507 e. The molecule has 1 aliphatic carbocycles. The lowest BCUT2D eigenvalue weighted by molar-refractivity contribution is 0.184. The van der Waals surface area contributed by atoms with Gasteiger partial charge in [-0.3, -0.25) is 0 Å². The van der Waals surface area contributed by atoms with Crippen molar-refractivity contribution in [3.05, 3.63) is 0 Å². The standard InChI is InChI=1S/C12H24N2O/c13-12-3-1-2-10(6-12)7-14-8-11-4-5-15-9-11/h10-12,14H,1-9,13H2. The van der Waals surface area contributed by atoms with Gasteiger partial charge in [0.25, 0.3) is 0 Å². The van der Waals surface area contributed by atoms with Crippen molar-refractivity contribution in [1.82, 2.24) is 5.32 Å². The number of ether oxygens (including phenoxy) is 1. The third-order valence-electron chi connectivity index (χ3n) is 3.71. The van der Waals surface area contributed by atoms with Crippen molar-refractivity contribution >= 4 is 0 Å². The highest BCUT2D eigenvalue weighted by molar-refractivity contribution is 4.77. The zero-order valence-corrected chi connectivity index (χ0v) is 9.58. The average Bonchev–Trinajstić information content (AvgIpc) is 2.71. The quantitative estimate of drug-likeness (QED) is 0.734. The van der Waals surface area contributed by atoms with E-state index < -0.39 is 0 Å². The minimum Gasteiger partial charge on any atom is -0.381 e. The van der Waals surface area contributed by atoms with Crippen molar-refractivity contribution in [2.24, 2.45) is 17.6 Å². The second-order valence-corrected chi connectivity index (χ2v) is 5.18. The molecule has 3 heteroatoms. The van der Waals surface area contributed by atoms with E-state index >= 15 is 0 Å². The predicted molar refractivity (Wildman–Crippen MR) is 61.7 cm³/mol. The molecule has 2 aliphatic rings. The number of nitrogens with one attached hydrogen (secondary N) is 1. The summed E-state index contributed by atoms with van der Waals surface area (Å²) in [6.45, 7) is 4.20. The minimum atomic E-state index is 0.459. The van der Waals surface area contributed by atoms with E-state index in [0.717, 1.165) is 38.1 Å². The molecule has 1 saturated heterocycles. The Morgan fingerprint density at radius 1 is 1.13 bits per heavy atom. The normalized spacial score (nSPS) is 37.0. The second-order valence-electron chi connectivity index (χ2n) is 5.18. The van der Waals surface area contributed by atoms with Crippen LogP contribution in [0.25, 0.3) is 0 Å². The molecule has 1 heterocycles. The van der Waals surface area contributed by atoms with Gasteiger partial charge in [0.2, 0.25) is 0 Å². The lowest BCUT2D eigenvalue weighted by Gasteiger charge is -2.27. The fourth-order valence-electron chi connectivity index (χ4n) is 2.75. The van der Waals surface area contributed by atoms with E-state index in [1.165, 1.54) is 32.1 Å². The van der Waals surface area contributed by atoms with Crippen LogP contribution in [0.15, 0.2) is 0 Å².